The maximum absolute atomic E-state index is 12.2. The van der Waals surface area contributed by atoms with Crippen molar-refractivity contribution in [2.24, 2.45) is 7.05 Å². The van der Waals surface area contributed by atoms with Crippen LogP contribution in [0.3, 0.4) is 0 Å². The third-order valence-electron chi connectivity index (χ3n) is 3.28. The van der Waals surface area contributed by atoms with Crippen molar-refractivity contribution in [1.82, 2.24) is 9.55 Å². The van der Waals surface area contributed by atoms with Crippen molar-refractivity contribution in [1.29, 1.82) is 0 Å². The van der Waals surface area contributed by atoms with Crippen molar-refractivity contribution < 1.29 is 8.42 Å². The zero-order valence-corrected chi connectivity index (χ0v) is 13.2. The lowest BCUT2D eigenvalue weighted by molar-refractivity contribution is 0.595. The number of hydrogen-bond acceptors (Lipinski definition) is 4. The van der Waals surface area contributed by atoms with Crippen LogP contribution in [0.1, 0.15) is 19.2 Å². The van der Waals surface area contributed by atoms with E-state index < -0.39 is 9.84 Å². The summed E-state index contributed by atoms with van der Waals surface area (Å²) in [6.45, 7) is 2.51. The highest BCUT2D eigenvalue weighted by atomic mass is 32.2. The van der Waals surface area contributed by atoms with Gasteiger partial charge in [-0.05, 0) is 18.6 Å². The Hall–Kier alpha value is -1.82. The Morgan fingerprint density at radius 2 is 2.05 bits per heavy atom. The minimum Gasteiger partial charge on any atom is -0.384 e. The number of aromatic nitrogens is 2. The summed E-state index contributed by atoms with van der Waals surface area (Å²) in [6.07, 6.45) is 5.01. The van der Waals surface area contributed by atoms with Gasteiger partial charge in [0.05, 0.1) is 16.3 Å². The average molecular weight is 307 g/mol. The summed E-state index contributed by atoms with van der Waals surface area (Å²) in [4.78, 5) is 4.63. The second-order valence-electron chi connectivity index (χ2n) is 4.95. The number of rotatable bonds is 7. The fourth-order valence-electron chi connectivity index (χ4n) is 2.21. The van der Waals surface area contributed by atoms with Gasteiger partial charge in [0.2, 0.25) is 0 Å². The Bertz CT molecular complexity index is 692. The molecule has 114 valence electrons. The number of nitrogens with one attached hydrogen (secondary N) is 1. The number of sulfone groups is 1. The third-order valence-corrected chi connectivity index (χ3v) is 5.25. The third kappa shape index (κ3) is 3.85. The summed E-state index contributed by atoms with van der Waals surface area (Å²) in [7, 11) is -1.27. The number of nitrogens with zero attached hydrogens (tertiary/aromatic N) is 2. The van der Waals surface area contributed by atoms with Gasteiger partial charge in [-0.2, -0.15) is 0 Å². The summed E-state index contributed by atoms with van der Waals surface area (Å²) in [5, 5.41) is 3.21. The van der Waals surface area contributed by atoms with Crippen LogP contribution in [-0.2, 0) is 23.3 Å². The molecule has 0 saturated carbocycles. The molecule has 0 aliphatic rings. The summed E-state index contributed by atoms with van der Waals surface area (Å²) < 4.78 is 26.4. The highest BCUT2D eigenvalue weighted by molar-refractivity contribution is 7.91. The minimum absolute atomic E-state index is 0.172. The van der Waals surface area contributed by atoms with Crippen molar-refractivity contribution in [3.8, 4) is 0 Å². The van der Waals surface area contributed by atoms with Gasteiger partial charge in [-0.15, -0.1) is 0 Å². The molecule has 0 amide bonds. The van der Waals surface area contributed by atoms with E-state index in [2.05, 4.69) is 10.3 Å². The molecule has 1 aromatic heterocycles. The summed E-state index contributed by atoms with van der Waals surface area (Å²) >= 11 is 0. The first kappa shape index (κ1) is 15.6. The SMILES string of the molecule is CCCS(=O)(=O)c1ccccc1NCCc1nccn1C. The standard InChI is InChI=1S/C15H21N3O2S/c1-3-12-21(19,20)14-7-5-4-6-13(14)16-9-8-15-17-10-11-18(15)2/h4-7,10-11,16H,3,8-9,12H2,1-2H3. The predicted molar refractivity (Wildman–Crippen MR) is 84.2 cm³/mol. The van der Waals surface area contributed by atoms with Gasteiger partial charge >= 0.3 is 0 Å². The Balaban J connectivity index is 2.09. The molecule has 0 aliphatic carbocycles. The van der Waals surface area contributed by atoms with Gasteiger partial charge in [0, 0.05) is 32.4 Å². The first-order valence-corrected chi connectivity index (χ1v) is 8.71. The molecule has 0 bridgehead atoms. The fraction of sp³-hybridized carbons (Fsp3) is 0.400. The maximum atomic E-state index is 12.2. The van der Waals surface area contributed by atoms with Crippen LogP contribution in [-0.4, -0.2) is 30.3 Å². The van der Waals surface area contributed by atoms with Gasteiger partial charge in [-0.1, -0.05) is 19.1 Å². The lowest BCUT2D eigenvalue weighted by Gasteiger charge is -2.12. The van der Waals surface area contributed by atoms with E-state index in [4.69, 9.17) is 0 Å². The normalized spacial score (nSPS) is 11.5. The minimum atomic E-state index is -3.22. The molecule has 0 unspecified atom stereocenters. The van der Waals surface area contributed by atoms with E-state index in [0.29, 0.717) is 23.5 Å². The van der Waals surface area contributed by atoms with E-state index >= 15 is 0 Å². The van der Waals surface area contributed by atoms with Crippen LogP contribution in [0.25, 0.3) is 0 Å². The van der Waals surface area contributed by atoms with E-state index in [-0.39, 0.29) is 5.75 Å². The van der Waals surface area contributed by atoms with E-state index in [1.807, 2.05) is 30.8 Å². The summed E-state index contributed by atoms with van der Waals surface area (Å²) in [5.74, 6) is 1.14. The van der Waals surface area contributed by atoms with Gasteiger partial charge in [-0.25, -0.2) is 13.4 Å². The molecule has 6 heteroatoms. The molecule has 1 heterocycles. The maximum Gasteiger partial charge on any atom is 0.180 e. The predicted octanol–water partition coefficient (Wildman–Crippen LogP) is 2.26. The Labute approximate surface area is 125 Å². The van der Waals surface area contributed by atoms with Gasteiger partial charge in [0.15, 0.2) is 9.84 Å². The molecule has 0 atom stereocenters. The van der Waals surface area contributed by atoms with Gasteiger partial charge in [-0.3, -0.25) is 0 Å². The largest absolute Gasteiger partial charge is 0.384 e. The zero-order valence-electron chi connectivity index (χ0n) is 12.4. The first-order chi connectivity index (χ1) is 10.0. The van der Waals surface area contributed by atoms with Crippen LogP contribution in [0, 0.1) is 0 Å². The zero-order chi connectivity index (χ0) is 15.3. The van der Waals surface area contributed by atoms with Crippen molar-refractivity contribution in [2.45, 2.75) is 24.7 Å². The first-order valence-electron chi connectivity index (χ1n) is 7.06. The number of aryl methyl sites for hydroxylation is 1. The van der Waals surface area contributed by atoms with E-state index in [9.17, 15) is 8.42 Å². The van der Waals surface area contributed by atoms with Crippen LogP contribution >= 0.6 is 0 Å². The lowest BCUT2D eigenvalue weighted by Crippen LogP contribution is -2.13. The molecule has 2 rings (SSSR count). The fourth-order valence-corrected chi connectivity index (χ4v) is 3.73. The van der Waals surface area contributed by atoms with Crippen molar-refractivity contribution in [3.05, 3.63) is 42.5 Å². The number of imidazole rings is 1. The summed E-state index contributed by atoms with van der Waals surface area (Å²) in [6, 6.07) is 7.07. The van der Waals surface area contributed by atoms with Crippen LogP contribution in [0.2, 0.25) is 0 Å². The molecule has 0 spiro atoms. The van der Waals surface area contributed by atoms with E-state index in [1.54, 1.807) is 24.4 Å². The molecular weight excluding hydrogens is 286 g/mol. The monoisotopic (exact) mass is 307 g/mol. The molecule has 0 radical (unpaired) electrons. The lowest BCUT2D eigenvalue weighted by atomic mass is 10.3. The van der Waals surface area contributed by atoms with Crippen molar-refractivity contribution in [2.75, 3.05) is 17.6 Å². The number of anilines is 1. The number of hydrogen-bond donors (Lipinski definition) is 1. The number of benzene rings is 1. The van der Waals surface area contributed by atoms with Crippen molar-refractivity contribution >= 4 is 15.5 Å². The Morgan fingerprint density at radius 1 is 1.29 bits per heavy atom. The molecule has 21 heavy (non-hydrogen) atoms. The molecule has 0 fully saturated rings. The molecule has 0 saturated heterocycles. The topological polar surface area (TPSA) is 64.0 Å². The van der Waals surface area contributed by atoms with Crippen LogP contribution in [0.4, 0.5) is 5.69 Å². The number of para-hydroxylation sites is 1. The van der Waals surface area contributed by atoms with Crippen LogP contribution in [0.15, 0.2) is 41.6 Å². The second-order valence-corrected chi connectivity index (χ2v) is 7.02. The average Bonchev–Trinajstić information content (AvgIpc) is 2.85. The molecule has 1 aromatic carbocycles. The molecule has 2 aromatic rings. The highest BCUT2D eigenvalue weighted by Gasteiger charge is 2.17. The quantitative estimate of drug-likeness (QED) is 0.852. The van der Waals surface area contributed by atoms with Gasteiger partial charge < -0.3 is 9.88 Å². The summed E-state index contributed by atoms with van der Waals surface area (Å²) in [5.41, 5.74) is 0.667. The Morgan fingerprint density at radius 3 is 2.71 bits per heavy atom. The highest BCUT2D eigenvalue weighted by Crippen LogP contribution is 2.22. The molecule has 0 aliphatic heterocycles. The van der Waals surface area contributed by atoms with Crippen LogP contribution in [0.5, 0.6) is 0 Å². The molecular formula is C15H21N3O2S. The molecule has 1 N–H and O–H groups in total. The van der Waals surface area contributed by atoms with Crippen molar-refractivity contribution in [3.63, 3.8) is 0 Å². The van der Waals surface area contributed by atoms with E-state index in [1.165, 1.54) is 0 Å². The Kier molecular flexibility index (Phi) is 5.01. The van der Waals surface area contributed by atoms with Gasteiger partial charge in [0.1, 0.15) is 5.82 Å². The van der Waals surface area contributed by atoms with E-state index in [0.717, 1.165) is 12.2 Å². The molecule has 5 nitrogen and oxygen atoms in total. The second kappa shape index (κ2) is 6.76. The van der Waals surface area contributed by atoms with Crippen LogP contribution < -0.4 is 5.32 Å². The smallest absolute Gasteiger partial charge is 0.180 e. The van der Waals surface area contributed by atoms with Gasteiger partial charge in [0.25, 0.3) is 0 Å².